The molecule has 1 fully saturated rings. The second-order valence-corrected chi connectivity index (χ2v) is 10.7. The quantitative estimate of drug-likeness (QED) is 0.457. The van der Waals surface area contributed by atoms with E-state index in [1.165, 1.54) is 0 Å². The first-order chi connectivity index (χ1) is 17.3. The highest BCUT2D eigenvalue weighted by Crippen LogP contribution is 2.58. The summed E-state index contributed by atoms with van der Waals surface area (Å²) in [7, 11) is 0. The van der Waals surface area contributed by atoms with E-state index in [2.05, 4.69) is 18.2 Å². The van der Waals surface area contributed by atoms with Crippen LogP contribution in [0, 0.1) is 0 Å². The van der Waals surface area contributed by atoms with E-state index in [0.717, 1.165) is 22.4 Å². The summed E-state index contributed by atoms with van der Waals surface area (Å²) in [5.74, 6) is 0.174. The Labute approximate surface area is 211 Å². The fraction of sp³-hybridized carbons (Fsp3) is 0.300. The number of nitrogens with zero attached hydrogens (tertiary/aromatic N) is 3. The lowest BCUT2D eigenvalue weighted by Gasteiger charge is -2.51. The lowest BCUT2D eigenvalue weighted by Crippen LogP contribution is -2.62. The molecule has 0 radical (unpaired) electrons. The van der Waals surface area contributed by atoms with Crippen LogP contribution in [0.25, 0.3) is 0 Å². The maximum atomic E-state index is 14.3. The SMILES string of the molecule is CC(C)(C)OC(=O)N1C2=Nc3ccccc3[C@@]23CCN(Cc2ccccc2)C(=O)[C@H]3c2ccccc21. The van der Waals surface area contributed by atoms with Crippen molar-refractivity contribution in [1.29, 1.82) is 0 Å². The number of para-hydroxylation sites is 2. The summed E-state index contributed by atoms with van der Waals surface area (Å²) >= 11 is 0. The molecule has 3 aliphatic heterocycles. The zero-order valence-corrected chi connectivity index (χ0v) is 20.8. The van der Waals surface area contributed by atoms with Gasteiger partial charge in [-0.15, -0.1) is 0 Å². The molecule has 1 saturated heterocycles. The van der Waals surface area contributed by atoms with Gasteiger partial charge in [0.25, 0.3) is 0 Å². The van der Waals surface area contributed by atoms with Crippen LogP contribution in [-0.4, -0.2) is 34.9 Å². The zero-order valence-electron chi connectivity index (χ0n) is 20.8. The van der Waals surface area contributed by atoms with Gasteiger partial charge in [-0.05, 0) is 56.0 Å². The van der Waals surface area contributed by atoms with Crippen molar-refractivity contribution < 1.29 is 14.3 Å². The van der Waals surface area contributed by atoms with Crippen molar-refractivity contribution in [2.45, 2.75) is 50.7 Å². The van der Waals surface area contributed by atoms with E-state index < -0.39 is 23.0 Å². The van der Waals surface area contributed by atoms with Gasteiger partial charge in [0.2, 0.25) is 5.91 Å². The number of rotatable bonds is 2. The third kappa shape index (κ3) is 3.35. The molecule has 3 aliphatic rings. The molecule has 36 heavy (non-hydrogen) atoms. The van der Waals surface area contributed by atoms with E-state index in [0.29, 0.717) is 31.0 Å². The lowest BCUT2D eigenvalue weighted by atomic mass is 9.60. The maximum absolute atomic E-state index is 14.3. The molecule has 3 aromatic rings. The minimum absolute atomic E-state index is 0.0609. The topological polar surface area (TPSA) is 62.2 Å². The highest BCUT2D eigenvalue weighted by Gasteiger charge is 2.62. The third-order valence-corrected chi connectivity index (χ3v) is 7.33. The molecule has 182 valence electrons. The van der Waals surface area contributed by atoms with Gasteiger partial charge in [0.05, 0.1) is 22.7 Å². The van der Waals surface area contributed by atoms with Crippen LogP contribution in [0.5, 0.6) is 0 Å². The zero-order chi connectivity index (χ0) is 25.1. The van der Waals surface area contributed by atoms with Crippen molar-refractivity contribution in [3.8, 4) is 0 Å². The lowest BCUT2D eigenvalue weighted by molar-refractivity contribution is -0.137. The standard InChI is InChI=1S/C30H29N3O3/c1-29(2,3)36-28(35)33-24-16-10-7-13-21(24)25-26(34)32(19-20-11-5-4-6-12-20)18-17-30(25)22-14-8-9-15-23(22)31-27(30)33/h4-16,25H,17-19H2,1-3H3/t25-,30-/m1/s1. The summed E-state index contributed by atoms with van der Waals surface area (Å²) in [6.45, 7) is 6.70. The molecule has 0 N–H and O–H groups in total. The van der Waals surface area contributed by atoms with Crippen LogP contribution in [-0.2, 0) is 21.5 Å². The largest absolute Gasteiger partial charge is 0.443 e. The van der Waals surface area contributed by atoms with Gasteiger partial charge in [0.1, 0.15) is 11.4 Å². The van der Waals surface area contributed by atoms with Crippen LogP contribution in [0.15, 0.2) is 83.9 Å². The predicted molar refractivity (Wildman–Crippen MR) is 140 cm³/mol. The summed E-state index contributed by atoms with van der Waals surface area (Å²) < 4.78 is 5.86. The second kappa shape index (κ2) is 8.05. The summed E-state index contributed by atoms with van der Waals surface area (Å²) in [6.07, 6.45) is 0.193. The van der Waals surface area contributed by atoms with E-state index in [9.17, 15) is 9.59 Å². The Morgan fingerprint density at radius 3 is 2.47 bits per heavy atom. The highest BCUT2D eigenvalue weighted by atomic mass is 16.6. The van der Waals surface area contributed by atoms with E-state index >= 15 is 0 Å². The molecular formula is C30H29N3O3. The molecule has 6 rings (SSSR count). The first kappa shape index (κ1) is 22.5. The molecule has 6 heteroatoms. The summed E-state index contributed by atoms with van der Waals surface area (Å²) in [5, 5.41) is 0. The molecule has 0 saturated carbocycles. The van der Waals surface area contributed by atoms with E-state index in [-0.39, 0.29) is 5.91 Å². The van der Waals surface area contributed by atoms with Crippen molar-refractivity contribution in [1.82, 2.24) is 4.90 Å². The molecule has 0 unspecified atom stereocenters. The van der Waals surface area contributed by atoms with Gasteiger partial charge in [-0.25, -0.2) is 14.7 Å². The van der Waals surface area contributed by atoms with Gasteiger partial charge in [0, 0.05) is 13.1 Å². The Balaban J connectivity index is 1.53. The number of anilines is 1. The Kier molecular flexibility index (Phi) is 5.04. The molecular weight excluding hydrogens is 450 g/mol. The number of amidine groups is 1. The molecule has 3 aromatic carbocycles. The predicted octanol–water partition coefficient (Wildman–Crippen LogP) is 5.94. The number of amides is 2. The average Bonchev–Trinajstić information content (AvgIpc) is 3.17. The van der Waals surface area contributed by atoms with Gasteiger partial charge in [0.15, 0.2) is 0 Å². The molecule has 3 heterocycles. The van der Waals surface area contributed by atoms with Crippen molar-refractivity contribution in [3.63, 3.8) is 0 Å². The van der Waals surface area contributed by atoms with Gasteiger partial charge in [-0.2, -0.15) is 0 Å². The van der Waals surface area contributed by atoms with Gasteiger partial charge in [-0.3, -0.25) is 4.79 Å². The van der Waals surface area contributed by atoms with Crippen molar-refractivity contribution >= 4 is 29.2 Å². The first-order valence-corrected chi connectivity index (χ1v) is 12.4. The first-order valence-electron chi connectivity index (χ1n) is 12.4. The number of likely N-dealkylation sites (tertiary alicyclic amines) is 1. The number of fused-ring (bicyclic) bond motifs is 3. The Morgan fingerprint density at radius 1 is 1.00 bits per heavy atom. The summed E-state index contributed by atoms with van der Waals surface area (Å²) in [6, 6.07) is 25.7. The monoisotopic (exact) mass is 479 g/mol. The molecule has 2 atom stereocenters. The van der Waals surface area contributed by atoms with Crippen molar-refractivity contribution in [2.24, 2.45) is 4.99 Å². The fourth-order valence-electron chi connectivity index (χ4n) is 5.92. The highest BCUT2D eigenvalue weighted by molar-refractivity contribution is 6.26. The molecule has 0 bridgehead atoms. The van der Waals surface area contributed by atoms with Crippen LogP contribution >= 0.6 is 0 Å². The number of hydrogen-bond donors (Lipinski definition) is 0. The Morgan fingerprint density at radius 2 is 1.69 bits per heavy atom. The second-order valence-electron chi connectivity index (χ2n) is 10.7. The molecule has 2 amide bonds. The maximum Gasteiger partial charge on any atom is 0.420 e. The minimum Gasteiger partial charge on any atom is -0.443 e. The van der Waals surface area contributed by atoms with E-state index in [1.807, 2.05) is 86.3 Å². The van der Waals surface area contributed by atoms with Gasteiger partial charge < -0.3 is 9.64 Å². The fourth-order valence-corrected chi connectivity index (χ4v) is 5.92. The molecule has 1 spiro atoms. The average molecular weight is 480 g/mol. The number of carbonyl (C=O) groups excluding carboxylic acids is 2. The summed E-state index contributed by atoms with van der Waals surface area (Å²) in [5.41, 5.74) is 3.00. The smallest absolute Gasteiger partial charge is 0.420 e. The minimum atomic E-state index is -0.730. The van der Waals surface area contributed by atoms with Crippen LogP contribution in [0.1, 0.15) is 49.8 Å². The van der Waals surface area contributed by atoms with E-state index in [1.54, 1.807) is 4.90 Å². The van der Waals surface area contributed by atoms with E-state index in [4.69, 9.17) is 9.73 Å². The Hall–Kier alpha value is -3.93. The van der Waals surface area contributed by atoms with Gasteiger partial charge >= 0.3 is 6.09 Å². The molecule has 0 aromatic heterocycles. The molecule has 0 aliphatic carbocycles. The van der Waals surface area contributed by atoms with Crippen molar-refractivity contribution in [3.05, 3.63) is 95.6 Å². The van der Waals surface area contributed by atoms with Crippen LogP contribution in [0.2, 0.25) is 0 Å². The number of hydrogen-bond acceptors (Lipinski definition) is 4. The number of piperidine rings is 1. The Bertz CT molecular complexity index is 1390. The summed E-state index contributed by atoms with van der Waals surface area (Å²) in [4.78, 5) is 36.5. The van der Waals surface area contributed by atoms with Crippen LogP contribution in [0.4, 0.5) is 16.2 Å². The van der Waals surface area contributed by atoms with Gasteiger partial charge in [-0.1, -0.05) is 66.7 Å². The number of benzene rings is 3. The van der Waals surface area contributed by atoms with Crippen LogP contribution in [0.3, 0.4) is 0 Å². The third-order valence-electron chi connectivity index (χ3n) is 7.33. The number of aliphatic imine (C=N–C) groups is 1. The number of ether oxygens (including phenoxy) is 1. The molecule has 6 nitrogen and oxygen atoms in total. The van der Waals surface area contributed by atoms with Crippen LogP contribution < -0.4 is 4.90 Å². The van der Waals surface area contributed by atoms with Crippen molar-refractivity contribution in [2.75, 3.05) is 11.4 Å². The normalized spacial score (nSPS) is 22.2. The number of carbonyl (C=O) groups is 2.